The highest BCUT2D eigenvalue weighted by Gasteiger charge is 2.50. The predicted octanol–water partition coefficient (Wildman–Crippen LogP) is 2.82. The molecule has 0 aliphatic carbocycles. The Labute approximate surface area is 153 Å². The van der Waals surface area contributed by atoms with Crippen molar-refractivity contribution >= 4 is 11.5 Å². The fourth-order valence-corrected chi connectivity index (χ4v) is 3.64. The van der Waals surface area contributed by atoms with E-state index < -0.39 is 0 Å². The van der Waals surface area contributed by atoms with Gasteiger partial charge in [0, 0.05) is 18.5 Å². The van der Waals surface area contributed by atoms with E-state index in [2.05, 4.69) is 21.0 Å². The normalized spacial score (nSPS) is 21.3. The number of rotatable bonds is 5. The average molecular weight is 345 g/mol. The van der Waals surface area contributed by atoms with Gasteiger partial charge in [-0.1, -0.05) is 23.2 Å². The van der Waals surface area contributed by atoms with Crippen molar-refractivity contribution in [3.63, 3.8) is 0 Å². The minimum absolute atomic E-state index is 0.240. The van der Waals surface area contributed by atoms with Crippen molar-refractivity contribution in [1.29, 1.82) is 5.26 Å². The first-order valence-corrected chi connectivity index (χ1v) is 8.90. The minimum atomic E-state index is -0.240. The topological polar surface area (TPSA) is 60.4 Å². The number of fused-ring (bicyclic) bond motifs is 1. The second-order valence-corrected chi connectivity index (χ2v) is 6.50. The summed E-state index contributed by atoms with van der Waals surface area (Å²) in [4.78, 5) is 4.58. The number of amidine groups is 1. The highest BCUT2D eigenvalue weighted by molar-refractivity contribution is 6.20. The fraction of sp³-hybridized carbons (Fsp3) is 0.286. The molecule has 0 amide bonds. The van der Waals surface area contributed by atoms with Crippen molar-refractivity contribution in [2.75, 3.05) is 20.1 Å². The monoisotopic (exact) mass is 345 g/mol. The lowest BCUT2D eigenvalue weighted by molar-refractivity contribution is -0.479. The molecule has 0 saturated carbocycles. The van der Waals surface area contributed by atoms with Crippen LogP contribution in [-0.4, -0.2) is 42.3 Å². The Kier molecular flexibility index (Phi) is 4.51. The molecule has 4 rings (SSSR count). The van der Waals surface area contributed by atoms with Gasteiger partial charge < -0.3 is 10.1 Å². The van der Waals surface area contributed by atoms with E-state index in [0.717, 1.165) is 48.1 Å². The first-order valence-electron chi connectivity index (χ1n) is 8.90. The zero-order chi connectivity index (χ0) is 17.9. The van der Waals surface area contributed by atoms with Crippen LogP contribution in [0.1, 0.15) is 12.0 Å². The third kappa shape index (κ3) is 2.89. The maximum Gasteiger partial charge on any atom is 0.318 e. The van der Waals surface area contributed by atoms with Crippen molar-refractivity contribution in [2.24, 2.45) is 10.9 Å². The lowest BCUT2D eigenvalue weighted by Crippen LogP contribution is -2.58. The number of nitrogens with one attached hydrogen (secondary N) is 1. The molecule has 5 heteroatoms. The standard InChI is InChI=1S/C21H21N4O/c1-23-14-16-11-12-24-21-19(13-22)20(25(16)21)15-7-9-18(10-8-15)26-17-5-3-2-4-6-17/h2-10,16,19,23H,11-12,14H2,1H3/q+1. The Morgan fingerprint density at radius 3 is 2.58 bits per heavy atom. The van der Waals surface area contributed by atoms with Gasteiger partial charge >= 0.3 is 5.84 Å². The van der Waals surface area contributed by atoms with Gasteiger partial charge in [0.25, 0.3) is 0 Å². The summed E-state index contributed by atoms with van der Waals surface area (Å²) < 4.78 is 8.10. The maximum absolute atomic E-state index is 9.60. The molecule has 0 bridgehead atoms. The quantitative estimate of drug-likeness (QED) is 0.848. The van der Waals surface area contributed by atoms with E-state index in [0.29, 0.717) is 6.04 Å². The van der Waals surface area contributed by atoms with Gasteiger partial charge in [0.2, 0.25) is 5.92 Å². The van der Waals surface area contributed by atoms with Crippen molar-refractivity contribution in [3.05, 3.63) is 60.2 Å². The number of nitrogens with zero attached hydrogens (tertiary/aromatic N) is 3. The Morgan fingerprint density at radius 1 is 1.15 bits per heavy atom. The molecule has 0 fully saturated rings. The molecule has 2 aromatic rings. The van der Waals surface area contributed by atoms with Gasteiger partial charge in [0.1, 0.15) is 29.8 Å². The van der Waals surface area contributed by atoms with Gasteiger partial charge in [-0.05, 0) is 43.4 Å². The second-order valence-electron chi connectivity index (χ2n) is 6.50. The molecule has 0 saturated heterocycles. The molecule has 2 aliphatic rings. The summed E-state index contributed by atoms with van der Waals surface area (Å²) in [5, 5.41) is 12.9. The molecule has 2 aliphatic heterocycles. The summed E-state index contributed by atoms with van der Waals surface area (Å²) in [5.41, 5.74) is 2.11. The molecule has 2 atom stereocenters. The third-order valence-corrected chi connectivity index (χ3v) is 4.84. The SMILES string of the molecule is CNCC1CCN=C2C(C#N)C(c3ccc(Oc4ccccc4)cc3)=[N+]21. The molecule has 2 heterocycles. The van der Waals surface area contributed by atoms with Crippen LogP contribution < -0.4 is 10.1 Å². The lowest BCUT2D eigenvalue weighted by atomic mass is 9.86. The number of para-hydroxylation sites is 1. The Bertz CT molecular complexity index is 894. The summed E-state index contributed by atoms with van der Waals surface area (Å²) in [7, 11) is 1.96. The lowest BCUT2D eigenvalue weighted by Gasteiger charge is -2.33. The first-order chi connectivity index (χ1) is 12.8. The molecular formula is C21H21N4O+. The van der Waals surface area contributed by atoms with Gasteiger partial charge in [-0.3, -0.25) is 0 Å². The number of hydrogen-bond acceptors (Lipinski definition) is 4. The van der Waals surface area contributed by atoms with Crippen molar-refractivity contribution in [2.45, 2.75) is 12.5 Å². The third-order valence-electron chi connectivity index (χ3n) is 4.84. The van der Waals surface area contributed by atoms with E-state index in [1.807, 2.05) is 61.6 Å². The molecule has 0 spiro atoms. The van der Waals surface area contributed by atoms with Crippen molar-refractivity contribution < 1.29 is 9.31 Å². The second kappa shape index (κ2) is 7.11. The average Bonchev–Trinajstić information content (AvgIpc) is 2.66. The maximum atomic E-state index is 9.60. The van der Waals surface area contributed by atoms with Crippen LogP contribution in [0.2, 0.25) is 0 Å². The Balaban J connectivity index is 1.63. The van der Waals surface area contributed by atoms with Gasteiger partial charge in [0.05, 0.1) is 6.07 Å². The van der Waals surface area contributed by atoms with Crippen LogP contribution in [0.25, 0.3) is 0 Å². The van der Waals surface area contributed by atoms with E-state index in [4.69, 9.17) is 4.74 Å². The number of ether oxygens (including phenoxy) is 1. The zero-order valence-corrected chi connectivity index (χ0v) is 14.7. The van der Waals surface area contributed by atoms with E-state index >= 15 is 0 Å². The van der Waals surface area contributed by atoms with Crippen molar-refractivity contribution in [3.8, 4) is 17.6 Å². The minimum Gasteiger partial charge on any atom is -0.457 e. The van der Waals surface area contributed by atoms with Crippen LogP contribution in [0.15, 0.2) is 59.6 Å². The number of benzene rings is 2. The van der Waals surface area contributed by atoms with Gasteiger partial charge in [-0.2, -0.15) is 5.26 Å². The highest BCUT2D eigenvalue weighted by atomic mass is 16.5. The van der Waals surface area contributed by atoms with E-state index in [9.17, 15) is 5.26 Å². The number of nitriles is 1. The van der Waals surface area contributed by atoms with Crippen LogP contribution in [0.5, 0.6) is 11.5 Å². The van der Waals surface area contributed by atoms with Crippen LogP contribution in [0, 0.1) is 17.2 Å². The fourth-order valence-electron chi connectivity index (χ4n) is 3.64. The summed E-state index contributed by atoms with van der Waals surface area (Å²) in [6, 6.07) is 20.4. The number of aliphatic imine (C=N–C) groups is 1. The van der Waals surface area contributed by atoms with E-state index in [-0.39, 0.29) is 5.92 Å². The Hall–Kier alpha value is -2.97. The molecular weight excluding hydrogens is 324 g/mol. The van der Waals surface area contributed by atoms with Gasteiger partial charge in [0.15, 0.2) is 0 Å². The molecule has 2 aromatic carbocycles. The first kappa shape index (κ1) is 16.5. The van der Waals surface area contributed by atoms with Crippen LogP contribution >= 0.6 is 0 Å². The van der Waals surface area contributed by atoms with E-state index in [1.54, 1.807) is 0 Å². The zero-order valence-electron chi connectivity index (χ0n) is 14.7. The molecule has 130 valence electrons. The molecule has 5 nitrogen and oxygen atoms in total. The molecule has 0 aromatic heterocycles. The predicted molar refractivity (Wildman–Crippen MR) is 101 cm³/mol. The molecule has 1 N–H and O–H groups in total. The summed E-state index contributed by atoms with van der Waals surface area (Å²) in [6.45, 7) is 1.68. The summed E-state index contributed by atoms with van der Waals surface area (Å²) in [5.74, 6) is 2.27. The number of hydrogen-bond donors (Lipinski definition) is 1. The van der Waals surface area contributed by atoms with Gasteiger partial charge in [-0.25, -0.2) is 4.58 Å². The largest absolute Gasteiger partial charge is 0.457 e. The summed E-state index contributed by atoms with van der Waals surface area (Å²) >= 11 is 0. The van der Waals surface area contributed by atoms with Crippen LogP contribution in [0.3, 0.4) is 0 Å². The smallest absolute Gasteiger partial charge is 0.318 e. The van der Waals surface area contributed by atoms with Crippen LogP contribution in [0.4, 0.5) is 0 Å². The number of likely N-dealkylation sites (N-methyl/N-ethyl adjacent to an activating group) is 1. The van der Waals surface area contributed by atoms with Crippen molar-refractivity contribution in [1.82, 2.24) is 5.32 Å². The van der Waals surface area contributed by atoms with Crippen LogP contribution in [-0.2, 0) is 0 Å². The highest BCUT2D eigenvalue weighted by Crippen LogP contribution is 2.29. The molecule has 2 unspecified atom stereocenters. The van der Waals surface area contributed by atoms with E-state index in [1.165, 1.54) is 0 Å². The molecule has 0 radical (unpaired) electrons. The Morgan fingerprint density at radius 2 is 1.88 bits per heavy atom. The van der Waals surface area contributed by atoms with Gasteiger partial charge in [-0.15, -0.1) is 0 Å². The molecule has 26 heavy (non-hydrogen) atoms. The summed E-state index contributed by atoms with van der Waals surface area (Å²) in [6.07, 6.45) is 1.00.